The Labute approximate surface area is 182 Å². The minimum atomic E-state index is -0.539. The zero-order valence-electron chi connectivity index (χ0n) is 16.1. The Balaban J connectivity index is 1.41. The van der Waals surface area contributed by atoms with Crippen LogP contribution < -0.4 is 5.32 Å². The lowest BCUT2D eigenvalue weighted by Gasteiger charge is -2.07. The summed E-state index contributed by atoms with van der Waals surface area (Å²) in [6, 6.07) is 18.7. The number of rotatable bonds is 6. The van der Waals surface area contributed by atoms with Crippen LogP contribution in [0.15, 0.2) is 60.7 Å². The quantitative estimate of drug-likeness (QED) is 0.448. The zero-order chi connectivity index (χ0) is 21.1. The molecule has 0 saturated heterocycles. The largest absolute Gasteiger partial charge is 0.451 e. The normalized spacial score (nSPS) is 10.9. The number of halogens is 1. The summed E-state index contributed by atoms with van der Waals surface area (Å²) in [4.78, 5) is 25.8. The van der Waals surface area contributed by atoms with Gasteiger partial charge in [-0.2, -0.15) is 5.10 Å². The Morgan fingerprint density at radius 1 is 1.13 bits per heavy atom. The van der Waals surface area contributed by atoms with Crippen molar-refractivity contribution in [2.45, 2.75) is 13.5 Å². The van der Waals surface area contributed by atoms with Gasteiger partial charge < -0.3 is 10.1 Å². The van der Waals surface area contributed by atoms with Crippen molar-refractivity contribution in [3.63, 3.8) is 0 Å². The molecule has 0 spiro atoms. The SMILES string of the molecule is Cc1nn(-c2ccccc2)c2sc(C(=O)OCC(=O)NCc3ccccc3Cl)cc12. The number of aromatic nitrogens is 2. The molecular weight excluding hydrogens is 422 g/mol. The summed E-state index contributed by atoms with van der Waals surface area (Å²) in [6.07, 6.45) is 0. The molecule has 0 radical (unpaired) electrons. The fourth-order valence-electron chi connectivity index (χ4n) is 2.98. The van der Waals surface area contributed by atoms with Gasteiger partial charge in [0.1, 0.15) is 9.71 Å². The highest BCUT2D eigenvalue weighted by Gasteiger charge is 2.19. The number of nitrogens with zero attached hydrogens (tertiary/aromatic N) is 2. The van der Waals surface area contributed by atoms with E-state index in [9.17, 15) is 9.59 Å². The molecule has 0 fully saturated rings. The maximum atomic E-state index is 12.5. The highest BCUT2D eigenvalue weighted by Crippen LogP contribution is 2.30. The smallest absolute Gasteiger partial charge is 0.348 e. The van der Waals surface area contributed by atoms with Gasteiger partial charge in [-0.1, -0.05) is 48.0 Å². The summed E-state index contributed by atoms with van der Waals surface area (Å²) in [7, 11) is 0. The third-order valence-corrected chi connectivity index (χ3v) is 5.97. The molecule has 6 nitrogen and oxygen atoms in total. The molecule has 152 valence electrons. The van der Waals surface area contributed by atoms with E-state index in [1.807, 2.05) is 60.1 Å². The second kappa shape index (κ2) is 8.69. The van der Waals surface area contributed by atoms with Gasteiger partial charge >= 0.3 is 5.97 Å². The number of esters is 1. The molecule has 0 aliphatic carbocycles. The zero-order valence-corrected chi connectivity index (χ0v) is 17.7. The molecule has 0 atom stereocenters. The minimum absolute atomic E-state index is 0.269. The third kappa shape index (κ3) is 4.22. The van der Waals surface area contributed by atoms with Crippen LogP contribution in [0.4, 0.5) is 0 Å². The van der Waals surface area contributed by atoms with E-state index in [2.05, 4.69) is 10.4 Å². The first kappa shape index (κ1) is 20.1. The maximum Gasteiger partial charge on any atom is 0.348 e. The molecule has 4 aromatic rings. The van der Waals surface area contributed by atoms with Crippen molar-refractivity contribution in [2.75, 3.05) is 6.61 Å². The molecule has 2 heterocycles. The van der Waals surface area contributed by atoms with E-state index in [4.69, 9.17) is 16.3 Å². The molecule has 2 aromatic carbocycles. The average molecular weight is 440 g/mol. The van der Waals surface area contributed by atoms with Gasteiger partial charge in [-0.3, -0.25) is 4.79 Å². The first-order chi connectivity index (χ1) is 14.5. The van der Waals surface area contributed by atoms with Crippen LogP contribution in [0.1, 0.15) is 20.9 Å². The molecular formula is C22H18ClN3O3S. The molecule has 0 saturated carbocycles. The highest BCUT2D eigenvalue weighted by molar-refractivity contribution is 7.20. The van der Waals surface area contributed by atoms with Crippen LogP contribution in [0, 0.1) is 6.92 Å². The summed E-state index contributed by atoms with van der Waals surface area (Å²) in [6.45, 7) is 1.80. The number of carbonyl (C=O) groups excluding carboxylic acids is 2. The van der Waals surface area contributed by atoms with E-state index >= 15 is 0 Å². The van der Waals surface area contributed by atoms with Gasteiger partial charge in [-0.25, -0.2) is 9.48 Å². The van der Waals surface area contributed by atoms with Gasteiger partial charge in [0.2, 0.25) is 0 Å². The molecule has 4 rings (SSSR count). The summed E-state index contributed by atoms with van der Waals surface area (Å²) in [5.74, 6) is -0.931. The van der Waals surface area contributed by atoms with E-state index < -0.39 is 11.9 Å². The van der Waals surface area contributed by atoms with Crippen molar-refractivity contribution in [1.82, 2.24) is 15.1 Å². The van der Waals surface area contributed by atoms with Crippen LogP contribution in [0.2, 0.25) is 5.02 Å². The van der Waals surface area contributed by atoms with Crippen molar-refractivity contribution in [3.05, 3.63) is 81.8 Å². The van der Waals surface area contributed by atoms with E-state index in [1.54, 1.807) is 12.1 Å². The predicted octanol–water partition coefficient (Wildman–Crippen LogP) is 4.52. The van der Waals surface area contributed by atoms with Crippen LogP contribution in [0.25, 0.3) is 15.9 Å². The number of fused-ring (bicyclic) bond motifs is 1. The number of amides is 1. The molecule has 8 heteroatoms. The van der Waals surface area contributed by atoms with E-state index in [-0.39, 0.29) is 13.2 Å². The lowest BCUT2D eigenvalue weighted by Crippen LogP contribution is -2.28. The summed E-state index contributed by atoms with van der Waals surface area (Å²) in [5, 5.41) is 8.71. The standard InChI is InChI=1S/C22H18ClN3O3S/c1-14-17-11-19(30-21(17)26(25-14)16-8-3-2-4-9-16)22(28)29-13-20(27)24-12-15-7-5-6-10-18(15)23/h2-11H,12-13H2,1H3,(H,24,27). The minimum Gasteiger partial charge on any atom is -0.451 e. The lowest BCUT2D eigenvalue weighted by molar-refractivity contribution is -0.124. The van der Waals surface area contributed by atoms with Crippen LogP contribution in [0.3, 0.4) is 0 Å². The molecule has 30 heavy (non-hydrogen) atoms. The van der Waals surface area contributed by atoms with Crippen LogP contribution >= 0.6 is 22.9 Å². The first-order valence-corrected chi connectivity index (χ1v) is 10.4. The topological polar surface area (TPSA) is 73.2 Å². The maximum absolute atomic E-state index is 12.5. The molecule has 0 unspecified atom stereocenters. The van der Waals surface area contributed by atoms with Crippen molar-refractivity contribution in [3.8, 4) is 5.69 Å². The van der Waals surface area contributed by atoms with Crippen LogP contribution in [-0.2, 0) is 16.1 Å². The number of aryl methyl sites for hydroxylation is 1. The number of ether oxygens (including phenoxy) is 1. The molecule has 2 aromatic heterocycles. The van der Waals surface area contributed by atoms with Gasteiger partial charge in [0.05, 0.1) is 11.4 Å². The summed E-state index contributed by atoms with van der Waals surface area (Å²) < 4.78 is 7.00. The van der Waals surface area contributed by atoms with E-state index in [1.165, 1.54) is 11.3 Å². The third-order valence-electron chi connectivity index (χ3n) is 4.51. The number of nitrogens with one attached hydrogen (secondary N) is 1. The number of hydrogen-bond donors (Lipinski definition) is 1. The number of benzene rings is 2. The van der Waals surface area contributed by atoms with E-state index in [0.29, 0.717) is 9.90 Å². The fourth-order valence-corrected chi connectivity index (χ4v) is 4.26. The van der Waals surface area contributed by atoms with Crippen molar-refractivity contribution in [2.24, 2.45) is 0 Å². The summed E-state index contributed by atoms with van der Waals surface area (Å²) >= 11 is 7.36. The average Bonchev–Trinajstić information content (AvgIpc) is 3.33. The second-order valence-corrected chi connectivity index (χ2v) is 8.04. The van der Waals surface area contributed by atoms with E-state index in [0.717, 1.165) is 27.2 Å². The first-order valence-electron chi connectivity index (χ1n) is 9.25. The molecule has 0 bridgehead atoms. The Bertz CT molecular complexity index is 1220. The van der Waals surface area contributed by atoms with Crippen molar-refractivity contribution in [1.29, 1.82) is 0 Å². The lowest BCUT2D eigenvalue weighted by atomic mass is 10.2. The number of carbonyl (C=O) groups is 2. The number of thiophene rings is 1. The number of para-hydroxylation sites is 1. The highest BCUT2D eigenvalue weighted by atomic mass is 35.5. The van der Waals surface area contributed by atoms with Crippen LogP contribution in [-0.4, -0.2) is 28.3 Å². The Hall–Kier alpha value is -3.16. The predicted molar refractivity (Wildman–Crippen MR) is 117 cm³/mol. The Morgan fingerprint density at radius 2 is 1.87 bits per heavy atom. The molecule has 0 aliphatic rings. The van der Waals surface area contributed by atoms with Gasteiger partial charge in [-0.15, -0.1) is 11.3 Å². The molecule has 1 amide bonds. The number of hydrogen-bond acceptors (Lipinski definition) is 5. The van der Waals surface area contributed by atoms with Crippen molar-refractivity contribution >= 4 is 45.0 Å². The monoisotopic (exact) mass is 439 g/mol. The Kier molecular flexibility index (Phi) is 5.83. The van der Waals surface area contributed by atoms with Gasteiger partial charge in [0, 0.05) is 17.0 Å². The van der Waals surface area contributed by atoms with Gasteiger partial charge in [-0.05, 0) is 36.8 Å². The fraction of sp³-hybridized carbons (Fsp3) is 0.136. The van der Waals surface area contributed by atoms with Gasteiger partial charge in [0.15, 0.2) is 6.61 Å². The van der Waals surface area contributed by atoms with Crippen LogP contribution in [0.5, 0.6) is 0 Å². The molecule has 0 aliphatic heterocycles. The summed E-state index contributed by atoms with van der Waals surface area (Å²) in [5.41, 5.74) is 2.53. The molecule has 1 N–H and O–H groups in total. The van der Waals surface area contributed by atoms with Gasteiger partial charge in [0.25, 0.3) is 5.91 Å². The second-order valence-electron chi connectivity index (χ2n) is 6.61. The van der Waals surface area contributed by atoms with Crippen molar-refractivity contribution < 1.29 is 14.3 Å². The Morgan fingerprint density at radius 3 is 2.63 bits per heavy atom.